The molecule has 0 saturated carbocycles. The van der Waals surface area contributed by atoms with Crippen LogP contribution in [0.15, 0.2) is 72.8 Å². The number of fused-ring (bicyclic) bond motifs is 6. The minimum Gasteiger partial charge on any atom is -0.456 e. The minimum atomic E-state index is -1.09. The van der Waals surface area contributed by atoms with Crippen molar-refractivity contribution in [1.82, 2.24) is 0 Å². The molecule has 0 fully saturated rings. The predicted octanol–water partition coefficient (Wildman–Crippen LogP) is 8.02. The van der Waals surface area contributed by atoms with E-state index in [0.29, 0.717) is 17.1 Å². The quantitative estimate of drug-likeness (QED) is 0.278. The van der Waals surface area contributed by atoms with Gasteiger partial charge in [0, 0.05) is 54.3 Å². The second-order valence-electron chi connectivity index (χ2n) is 10.2. The molecule has 1 N–H and O–H groups in total. The zero-order valence-corrected chi connectivity index (χ0v) is 22.5. The largest absolute Gasteiger partial charge is 0.456 e. The number of carbonyl (C=O) groups is 1. The van der Waals surface area contributed by atoms with Crippen molar-refractivity contribution in [2.45, 2.75) is 40.2 Å². The van der Waals surface area contributed by atoms with Crippen LogP contribution < -0.4 is 15.0 Å². The first kappa shape index (κ1) is 24.1. The van der Waals surface area contributed by atoms with Crippen LogP contribution >= 0.6 is 0 Å². The summed E-state index contributed by atoms with van der Waals surface area (Å²) in [6.07, 6.45) is 0. The molecule has 0 radical (unpaired) electrons. The Morgan fingerprint density at radius 1 is 0.816 bits per heavy atom. The van der Waals surface area contributed by atoms with Crippen molar-refractivity contribution in [2.75, 3.05) is 23.3 Å². The number of anilines is 3. The summed E-state index contributed by atoms with van der Waals surface area (Å²) in [5, 5.41) is 3.61. The van der Waals surface area contributed by atoms with Crippen LogP contribution in [0.2, 0.25) is 0 Å². The van der Waals surface area contributed by atoms with Crippen LogP contribution in [0.1, 0.15) is 59.0 Å². The molecule has 2 aliphatic heterocycles. The van der Waals surface area contributed by atoms with E-state index in [2.05, 4.69) is 87.3 Å². The molecule has 0 bridgehead atoms. The third kappa shape index (κ3) is 3.65. The van der Waals surface area contributed by atoms with Crippen molar-refractivity contribution in [2.24, 2.45) is 0 Å². The molecule has 0 aliphatic carbocycles. The maximum Gasteiger partial charge on any atom is 0.340 e. The second kappa shape index (κ2) is 8.95. The maximum absolute atomic E-state index is 13.3. The lowest BCUT2D eigenvalue weighted by Crippen LogP contribution is -2.33. The number of rotatable bonds is 5. The van der Waals surface area contributed by atoms with E-state index in [4.69, 9.17) is 9.47 Å². The molecule has 1 atom stereocenters. The zero-order valence-electron chi connectivity index (χ0n) is 22.5. The number of carbonyl (C=O) groups excluding carboxylic acids is 1. The highest BCUT2D eigenvalue weighted by Gasteiger charge is 2.53. The molecule has 4 aromatic carbocycles. The lowest BCUT2D eigenvalue weighted by Gasteiger charge is -2.37. The summed E-state index contributed by atoms with van der Waals surface area (Å²) in [5.41, 5.74) is 8.45. The van der Waals surface area contributed by atoms with E-state index in [9.17, 15) is 4.79 Å². The monoisotopic (exact) mass is 506 g/mol. The topological polar surface area (TPSA) is 50.8 Å². The second-order valence-corrected chi connectivity index (χ2v) is 10.2. The van der Waals surface area contributed by atoms with Crippen molar-refractivity contribution in [3.63, 3.8) is 0 Å². The number of hydrogen-bond acceptors (Lipinski definition) is 5. The van der Waals surface area contributed by atoms with Gasteiger partial charge in [0.05, 0.1) is 5.56 Å². The molecule has 38 heavy (non-hydrogen) atoms. The van der Waals surface area contributed by atoms with E-state index >= 15 is 0 Å². The summed E-state index contributed by atoms with van der Waals surface area (Å²) < 4.78 is 13.0. The molecule has 2 heterocycles. The van der Waals surface area contributed by atoms with Crippen molar-refractivity contribution < 1.29 is 15.7 Å². The molecule has 0 aromatic heterocycles. The Hall–Kier alpha value is -4.25. The first-order valence-electron chi connectivity index (χ1n) is 13.2. The summed E-state index contributed by atoms with van der Waals surface area (Å²) in [6, 6.07) is 24.4. The molecule has 5 heteroatoms. The van der Waals surface area contributed by atoms with Gasteiger partial charge in [-0.05, 0) is 93.8 Å². The standard InChI is InChI=1S/C33H32N2O3.H2/c1-6-35(7-2)24-12-13-27-31(18-24)37-30-17-22(5)29(34-23-15-20(3)14-21(4)16-23)19-28(30)33(27)26-11-9-8-10-25(26)32(36)38-33;/h8-19,34H,6-7H2,1-5H3;1H. The molecule has 0 amide bonds. The molecule has 6 rings (SSSR count). The van der Waals surface area contributed by atoms with Crippen LogP contribution in [0, 0.1) is 20.8 Å². The van der Waals surface area contributed by atoms with E-state index in [1.165, 1.54) is 11.1 Å². The highest BCUT2D eigenvalue weighted by atomic mass is 16.6. The lowest BCUT2D eigenvalue weighted by atomic mass is 9.77. The summed E-state index contributed by atoms with van der Waals surface area (Å²) in [4.78, 5) is 15.5. The van der Waals surface area contributed by atoms with Crippen molar-refractivity contribution in [3.8, 4) is 11.5 Å². The van der Waals surface area contributed by atoms with E-state index in [1.54, 1.807) is 0 Å². The summed E-state index contributed by atoms with van der Waals surface area (Å²) in [7, 11) is 0. The fourth-order valence-electron chi connectivity index (χ4n) is 5.93. The van der Waals surface area contributed by atoms with Gasteiger partial charge in [-0.2, -0.15) is 0 Å². The number of ether oxygens (including phenoxy) is 2. The van der Waals surface area contributed by atoms with Crippen molar-refractivity contribution >= 4 is 23.0 Å². The normalized spacial score (nSPS) is 16.8. The third-order valence-electron chi connectivity index (χ3n) is 7.67. The van der Waals surface area contributed by atoms with Gasteiger partial charge in [0.25, 0.3) is 0 Å². The Bertz CT molecular complexity index is 1570. The highest BCUT2D eigenvalue weighted by molar-refractivity contribution is 5.97. The molecule has 1 unspecified atom stereocenters. The summed E-state index contributed by atoms with van der Waals surface area (Å²) in [5.74, 6) is 1.08. The number of nitrogens with zero attached hydrogens (tertiary/aromatic N) is 1. The van der Waals surface area contributed by atoms with Gasteiger partial charge in [0.15, 0.2) is 5.60 Å². The van der Waals surface area contributed by atoms with Crippen molar-refractivity contribution in [3.05, 3.63) is 112 Å². The van der Waals surface area contributed by atoms with Gasteiger partial charge in [0.2, 0.25) is 0 Å². The Morgan fingerprint density at radius 2 is 1.53 bits per heavy atom. The number of hydrogen-bond donors (Lipinski definition) is 1. The van der Waals surface area contributed by atoms with Gasteiger partial charge < -0.3 is 19.7 Å². The molecule has 1 spiro atoms. The molecule has 0 saturated heterocycles. The molecule has 2 aliphatic rings. The molecular weight excluding hydrogens is 472 g/mol. The van der Waals surface area contributed by atoms with Gasteiger partial charge in [-0.15, -0.1) is 0 Å². The van der Waals surface area contributed by atoms with Crippen LogP contribution in [0.25, 0.3) is 0 Å². The zero-order chi connectivity index (χ0) is 26.6. The van der Waals surface area contributed by atoms with Crippen molar-refractivity contribution in [1.29, 1.82) is 0 Å². The number of nitrogens with one attached hydrogen (secondary N) is 1. The van der Waals surface area contributed by atoms with E-state index in [-0.39, 0.29) is 7.40 Å². The van der Waals surface area contributed by atoms with Gasteiger partial charge in [-0.3, -0.25) is 0 Å². The third-order valence-corrected chi connectivity index (χ3v) is 7.67. The smallest absolute Gasteiger partial charge is 0.340 e. The first-order valence-corrected chi connectivity index (χ1v) is 13.2. The number of esters is 1. The Kier molecular flexibility index (Phi) is 5.68. The van der Waals surface area contributed by atoms with Gasteiger partial charge in [-0.25, -0.2) is 4.79 Å². The first-order chi connectivity index (χ1) is 18.3. The Morgan fingerprint density at radius 3 is 2.26 bits per heavy atom. The Balaban J connectivity index is 0.00000308. The van der Waals surface area contributed by atoms with Gasteiger partial charge in [0.1, 0.15) is 11.5 Å². The van der Waals surface area contributed by atoms with Crippen LogP contribution in [0.4, 0.5) is 17.1 Å². The predicted molar refractivity (Wildman–Crippen MR) is 154 cm³/mol. The molecule has 4 aromatic rings. The molecule has 194 valence electrons. The van der Waals surface area contributed by atoms with E-state index in [1.807, 2.05) is 30.3 Å². The SMILES string of the molecule is CCN(CC)c1ccc2c(c1)Oc1cc(C)c(Nc3cc(C)cc(C)c3)cc1C21OC(=O)c2ccccc21.[HH]. The number of aryl methyl sites for hydroxylation is 3. The van der Waals surface area contributed by atoms with Gasteiger partial charge >= 0.3 is 5.97 Å². The van der Waals surface area contributed by atoms with Crippen LogP contribution in [0.3, 0.4) is 0 Å². The lowest BCUT2D eigenvalue weighted by molar-refractivity contribution is 0.0224. The molecular formula is C33H34N2O3. The maximum atomic E-state index is 13.3. The minimum absolute atomic E-state index is 0. The summed E-state index contributed by atoms with van der Waals surface area (Å²) >= 11 is 0. The van der Waals surface area contributed by atoms with Crippen LogP contribution in [-0.4, -0.2) is 19.1 Å². The van der Waals surface area contributed by atoms with Crippen LogP contribution in [0.5, 0.6) is 11.5 Å². The molecule has 5 nitrogen and oxygen atoms in total. The van der Waals surface area contributed by atoms with E-state index < -0.39 is 5.60 Å². The fraction of sp³-hybridized carbons (Fsp3) is 0.242. The number of benzene rings is 4. The Labute approximate surface area is 225 Å². The summed E-state index contributed by atoms with van der Waals surface area (Å²) in [6.45, 7) is 12.3. The average molecular weight is 507 g/mol. The average Bonchev–Trinajstić information content (AvgIpc) is 3.18. The fourth-order valence-corrected chi connectivity index (χ4v) is 5.93. The van der Waals surface area contributed by atoms with Crippen LogP contribution in [-0.2, 0) is 10.3 Å². The highest BCUT2D eigenvalue weighted by Crippen LogP contribution is 2.57. The van der Waals surface area contributed by atoms with E-state index in [0.717, 1.165) is 52.4 Å². The van der Waals surface area contributed by atoms with Gasteiger partial charge in [-0.1, -0.05) is 24.3 Å².